The van der Waals surface area contributed by atoms with Gasteiger partial charge in [-0.3, -0.25) is 0 Å². The molecule has 5 heteroatoms. The predicted octanol–water partition coefficient (Wildman–Crippen LogP) is 5.20. The van der Waals surface area contributed by atoms with Crippen LogP contribution in [-0.4, -0.2) is 6.54 Å². The Bertz CT molecular complexity index is 558. The van der Waals surface area contributed by atoms with Crippen LogP contribution in [0, 0.1) is 5.82 Å². The summed E-state index contributed by atoms with van der Waals surface area (Å²) in [6.45, 7) is 2.89. The van der Waals surface area contributed by atoms with Crippen LogP contribution in [-0.2, 0) is 6.42 Å². The third-order valence-electron chi connectivity index (χ3n) is 2.88. The molecule has 0 aliphatic heterocycles. The standard InChI is InChI=1S/C14H14BrClFNS/c1-9(12-4-2-10(17)8-13(12)16)18-7-6-11-3-5-14(15)19-11/h2-5,8-9,18H,6-7H2,1H3. The van der Waals surface area contributed by atoms with E-state index >= 15 is 0 Å². The van der Waals surface area contributed by atoms with E-state index in [1.54, 1.807) is 17.4 Å². The van der Waals surface area contributed by atoms with Gasteiger partial charge in [-0.05, 0) is 59.1 Å². The van der Waals surface area contributed by atoms with Crippen LogP contribution in [0.4, 0.5) is 4.39 Å². The van der Waals surface area contributed by atoms with Gasteiger partial charge in [0, 0.05) is 22.5 Å². The highest BCUT2D eigenvalue weighted by molar-refractivity contribution is 9.11. The molecule has 102 valence electrons. The maximum absolute atomic E-state index is 13.0. The summed E-state index contributed by atoms with van der Waals surface area (Å²) < 4.78 is 14.1. The average molecular weight is 363 g/mol. The molecule has 1 nitrogen and oxygen atoms in total. The molecule has 1 atom stereocenters. The zero-order chi connectivity index (χ0) is 13.8. The predicted molar refractivity (Wildman–Crippen MR) is 83.6 cm³/mol. The molecule has 1 unspecified atom stereocenters. The van der Waals surface area contributed by atoms with Crippen LogP contribution in [0.5, 0.6) is 0 Å². The maximum atomic E-state index is 13.0. The first kappa shape index (κ1) is 15.0. The summed E-state index contributed by atoms with van der Waals surface area (Å²) in [4.78, 5) is 1.33. The molecule has 0 radical (unpaired) electrons. The summed E-state index contributed by atoms with van der Waals surface area (Å²) in [5.41, 5.74) is 0.926. The lowest BCUT2D eigenvalue weighted by Crippen LogP contribution is -2.21. The van der Waals surface area contributed by atoms with Crippen molar-refractivity contribution < 1.29 is 4.39 Å². The van der Waals surface area contributed by atoms with Gasteiger partial charge in [0.15, 0.2) is 0 Å². The monoisotopic (exact) mass is 361 g/mol. The molecule has 0 aliphatic carbocycles. The molecule has 0 saturated carbocycles. The first-order valence-electron chi connectivity index (χ1n) is 5.99. The highest BCUT2D eigenvalue weighted by Gasteiger charge is 2.09. The zero-order valence-corrected chi connectivity index (χ0v) is 13.6. The zero-order valence-electron chi connectivity index (χ0n) is 10.4. The van der Waals surface area contributed by atoms with Crippen molar-refractivity contribution in [3.8, 4) is 0 Å². The number of benzene rings is 1. The Morgan fingerprint density at radius 3 is 2.79 bits per heavy atom. The topological polar surface area (TPSA) is 12.0 Å². The van der Waals surface area contributed by atoms with E-state index < -0.39 is 0 Å². The van der Waals surface area contributed by atoms with Crippen molar-refractivity contribution >= 4 is 38.9 Å². The first-order valence-corrected chi connectivity index (χ1v) is 7.97. The Hall–Kier alpha value is -0.420. The molecular weight excluding hydrogens is 349 g/mol. The van der Waals surface area contributed by atoms with E-state index in [2.05, 4.69) is 33.4 Å². The van der Waals surface area contributed by atoms with Crippen LogP contribution in [0.3, 0.4) is 0 Å². The van der Waals surface area contributed by atoms with Crippen LogP contribution < -0.4 is 5.32 Å². The normalized spacial score (nSPS) is 12.6. The fourth-order valence-electron chi connectivity index (χ4n) is 1.86. The van der Waals surface area contributed by atoms with Gasteiger partial charge in [-0.2, -0.15) is 0 Å². The third kappa shape index (κ3) is 4.28. The van der Waals surface area contributed by atoms with Crippen molar-refractivity contribution in [1.82, 2.24) is 5.32 Å². The van der Waals surface area contributed by atoms with Crippen LogP contribution in [0.2, 0.25) is 5.02 Å². The minimum Gasteiger partial charge on any atom is -0.310 e. The van der Waals surface area contributed by atoms with Gasteiger partial charge in [0.1, 0.15) is 5.82 Å². The minimum absolute atomic E-state index is 0.108. The molecule has 1 N–H and O–H groups in total. The molecule has 2 aromatic rings. The van der Waals surface area contributed by atoms with Crippen molar-refractivity contribution in [1.29, 1.82) is 0 Å². The van der Waals surface area contributed by atoms with E-state index in [9.17, 15) is 4.39 Å². The smallest absolute Gasteiger partial charge is 0.124 e. The summed E-state index contributed by atoms with van der Waals surface area (Å²) in [5.74, 6) is -0.301. The SMILES string of the molecule is CC(NCCc1ccc(Br)s1)c1ccc(F)cc1Cl. The summed E-state index contributed by atoms with van der Waals surface area (Å²) >= 11 is 11.2. The lowest BCUT2D eigenvalue weighted by Gasteiger charge is -2.15. The van der Waals surface area contributed by atoms with Gasteiger partial charge in [-0.25, -0.2) is 4.39 Å². The Kier molecular flexibility index (Phi) is 5.39. The van der Waals surface area contributed by atoms with E-state index in [-0.39, 0.29) is 11.9 Å². The van der Waals surface area contributed by atoms with Crippen molar-refractivity contribution in [2.45, 2.75) is 19.4 Å². The Morgan fingerprint density at radius 1 is 1.37 bits per heavy atom. The molecule has 0 spiro atoms. The van der Waals surface area contributed by atoms with Gasteiger partial charge in [0.05, 0.1) is 3.79 Å². The van der Waals surface area contributed by atoms with Crippen LogP contribution in [0.15, 0.2) is 34.1 Å². The quantitative estimate of drug-likeness (QED) is 0.771. The molecule has 0 aliphatic rings. The number of halogens is 3. The molecule has 2 rings (SSSR count). The summed E-state index contributed by atoms with van der Waals surface area (Å²) in [6.07, 6.45) is 0.972. The molecule has 0 saturated heterocycles. The van der Waals surface area contributed by atoms with Gasteiger partial charge in [-0.1, -0.05) is 17.7 Å². The van der Waals surface area contributed by atoms with E-state index in [0.717, 1.165) is 22.3 Å². The van der Waals surface area contributed by atoms with Gasteiger partial charge >= 0.3 is 0 Å². The van der Waals surface area contributed by atoms with E-state index in [0.29, 0.717) is 5.02 Å². The first-order chi connectivity index (χ1) is 9.06. The molecule has 1 heterocycles. The number of thiophene rings is 1. The van der Waals surface area contributed by atoms with Crippen LogP contribution in [0.25, 0.3) is 0 Å². The number of rotatable bonds is 5. The van der Waals surface area contributed by atoms with Crippen LogP contribution >= 0.6 is 38.9 Å². The largest absolute Gasteiger partial charge is 0.310 e. The molecule has 0 fully saturated rings. The lowest BCUT2D eigenvalue weighted by atomic mass is 10.1. The fourth-order valence-corrected chi connectivity index (χ4v) is 3.67. The Balaban J connectivity index is 1.88. The van der Waals surface area contributed by atoms with Crippen LogP contribution in [0.1, 0.15) is 23.4 Å². The number of hydrogen-bond donors (Lipinski definition) is 1. The van der Waals surface area contributed by atoms with Crippen molar-refractivity contribution in [2.75, 3.05) is 6.54 Å². The van der Waals surface area contributed by atoms with Crippen molar-refractivity contribution in [3.63, 3.8) is 0 Å². The Morgan fingerprint density at radius 2 is 2.16 bits per heavy atom. The van der Waals surface area contributed by atoms with Crippen molar-refractivity contribution in [3.05, 3.63) is 55.4 Å². The second-order valence-corrected chi connectivity index (χ2v) is 7.25. The molecule has 0 amide bonds. The fraction of sp³-hybridized carbons (Fsp3) is 0.286. The van der Waals surface area contributed by atoms with Crippen molar-refractivity contribution in [2.24, 2.45) is 0 Å². The highest BCUT2D eigenvalue weighted by atomic mass is 79.9. The minimum atomic E-state index is -0.301. The number of nitrogens with one attached hydrogen (secondary N) is 1. The molecule has 1 aromatic heterocycles. The van der Waals surface area contributed by atoms with Gasteiger partial charge in [-0.15, -0.1) is 11.3 Å². The van der Waals surface area contributed by atoms with E-state index in [1.165, 1.54) is 17.0 Å². The molecule has 0 bridgehead atoms. The molecular formula is C14H14BrClFNS. The van der Waals surface area contributed by atoms with Gasteiger partial charge in [0.25, 0.3) is 0 Å². The van der Waals surface area contributed by atoms with Gasteiger partial charge < -0.3 is 5.32 Å². The van der Waals surface area contributed by atoms with Gasteiger partial charge in [0.2, 0.25) is 0 Å². The Labute approximate surface area is 129 Å². The maximum Gasteiger partial charge on any atom is 0.124 e. The molecule has 1 aromatic carbocycles. The van der Waals surface area contributed by atoms with E-state index in [1.807, 2.05) is 6.92 Å². The third-order valence-corrected chi connectivity index (χ3v) is 4.89. The van der Waals surface area contributed by atoms with E-state index in [4.69, 9.17) is 11.6 Å². The second kappa shape index (κ2) is 6.84. The summed E-state index contributed by atoms with van der Waals surface area (Å²) in [5, 5.41) is 3.87. The highest BCUT2D eigenvalue weighted by Crippen LogP contribution is 2.24. The summed E-state index contributed by atoms with van der Waals surface area (Å²) in [6, 6.07) is 8.81. The number of hydrogen-bond acceptors (Lipinski definition) is 2. The second-order valence-electron chi connectivity index (χ2n) is 4.30. The lowest BCUT2D eigenvalue weighted by molar-refractivity contribution is 0.575. The average Bonchev–Trinajstić information content (AvgIpc) is 2.75. The summed E-state index contributed by atoms with van der Waals surface area (Å²) in [7, 11) is 0. The molecule has 19 heavy (non-hydrogen) atoms.